The largest absolute Gasteiger partial charge is 0.493 e. The highest BCUT2D eigenvalue weighted by atomic mass is 32.2. The number of amides is 1. The van der Waals surface area contributed by atoms with Crippen molar-refractivity contribution in [3.8, 4) is 11.5 Å². The number of hydrogen-bond acceptors (Lipinski definition) is 4. The predicted molar refractivity (Wildman–Crippen MR) is 72.5 cm³/mol. The van der Waals surface area contributed by atoms with Gasteiger partial charge in [0.05, 0.1) is 25.2 Å². The first-order valence-corrected chi connectivity index (χ1v) is 6.87. The summed E-state index contributed by atoms with van der Waals surface area (Å²) < 4.78 is 10.5. The lowest BCUT2D eigenvalue weighted by atomic mass is 10.1. The SMILES string of the molecule is COc1cccc(C(=O)N2CCSC2C)c1OC. The molecule has 1 aromatic carbocycles. The van der Waals surface area contributed by atoms with Crippen LogP contribution in [0, 0.1) is 0 Å². The molecule has 1 fully saturated rings. The average Bonchev–Trinajstić information content (AvgIpc) is 2.83. The van der Waals surface area contributed by atoms with Crippen molar-refractivity contribution in [2.45, 2.75) is 12.3 Å². The fourth-order valence-corrected chi connectivity index (χ4v) is 3.09. The lowest BCUT2D eigenvalue weighted by Crippen LogP contribution is -2.33. The summed E-state index contributed by atoms with van der Waals surface area (Å²) in [6.07, 6.45) is 0. The van der Waals surface area contributed by atoms with Crippen LogP contribution >= 0.6 is 11.8 Å². The molecule has 0 aromatic heterocycles. The molecule has 1 amide bonds. The van der Waals surface area contributed by atoms with Gasteiger partial charge in [-0.3, -0.25) is 4.79 Å². The van der Waals surface area contributed by atoms with Crippen LogP contribution in [0.15, 0.2) is 18.2 Å². The zero-order valence-electron chi connectivity index (χ0n) is 10.8. The molecule has 0 bridgehead atoms. The zero-order chi connectivity index (χ0) is 13.1. The first-order valence-electron chi connectivity index (χ1n) is 5.82. The monoisotopic (exact) mass is 267 g/mol. The summed E-state index contributed by atoms with van der Waals surface area (Å²) in [5, 5.41) is 0.216. The maximum absolute atomic E-state index is 12.5. The van der Waals surface area contributed by atoms with E-state index in [0.29, 0.717) is 17.1 Å². The van der Waals surface area contributed by atoms with E-state index in [1.54, 1.807) is 38.1 Å². The Morgan fingerprint density at radius 3 is 2.72 bits per heavy atom. The van der Waals surface area contributed by atoms with Crippen LogP contribution in [0.25, 0.3) is 0 Å². The highest BCUT2D eigenvalue weighted by molar-refractivity contribution is 8.00. The van der Waals surface area contributed by atoms with E-state index in [-0.39, 0.29) is 11.3 Å². The number of rotatable bonds is 3. The summed E-state index contributed by atoms with van der Waals surface area (Å²) in [6.45, 7) is 2.83. The molecule has 4 nitrogen and oxygen atoms in total. The van der Waals surface area contributed by atoms with E-state index in [1.807, 2.05) is 17.9 Å². The Hall–Kier alpha value is -1.36. The second-order valence-corrected chi connectivity index (χ2v) is 5.43. The summed E-state index contributed by atoms with van der Waals surface area (Å²) in [4.78, 5) is 14.3. The van der Waals surface area contributed by atoms with Gasteiger partial charge in [0.1, 0.15) is 0 Å². The number of benzene rings is 1. The molecule has 1 heterocycles. The molecular weight excluding hydrogens is 250 g/mol. The van der Waals surface area contributed by atoms with E-state index >= 15 is 0 Å². The zero-order valence-corrected chi connectivity index (χ0v) is 11.6. The summed E-state index contributed by atoms with van der Waals surface area (Å²) in [5.41, 5.74) is 0.561. The molecule has 1 aliphatic heterocycles. The molecule has 0 saturated carbocycles. The minimum Gasteiger partial charge on any atom is -0.493 e. The number of methoxy groups -OCH3 is 2. The van der Waals surface area contributed by atoms with Gasteiger partial charge in [-0.05, 0) is 19.1 Å². The Morgan fingerprint density at radius 1 is 1.39 bits per heavy atom. The minimum absolute atomic E-state index is 0.00301. The van der Waals surface area contributed by atoms with Crippen molar-refractivity contribution in [3.05, 3.63) is 23.8 Å². The van der Waals surface area contributed by atoms with Gasteiger partial charge in [0.2, 0.25) is 0 Å². The quantitative estimate of drug-likeness (QED) is 0.842. The molecule has 1 unspecified atom stereocenters. The van der Waals surface area contributed by atoms with E-state index in [9.17, 15) is 4.79 Å². The molecule has 0 radical (unpaired) electrons. The molecule has 5 heteroatoms. The van der Waals surface area contributed by atoms with Crippen LogP contribution in [0.5, 0.6) is 11.5 Å². The predicted octanol–water partition coefficient (Wildman–Crippen LogP) is 2.24. The summed E-state index contributed by atoms with van der Waals surface area (Å²) in [7, 11) is 3.12. The third kappa shape index (κ3) is 2.27. The molecular formula is C13H17NO3S. The minimum atomic E-state index is 0.00301. The van der Waals surface area contributed by atoms with Crippen LogP contribution in [-0.2, 0) is 0 Å². The lowest BCUT2D eigenvalue weighted by Gasteiger charge is -2.22. The van der Waals surface area contributed by atoms with Crippen LogP contribution < -0.4 is 9.47 Å². The lowest BCUT2D eigenvalue weighted by molar-refractivity contribution is 0.0764. The van der Waals surface area contributed by atoms with E-state index in [2.05, 4.69) is 0 Å². The highest BCUT2D eigenvalue weighted by Gasteiger charge is 2.29. The van der Waals surface area contributed by atoms with E-state index in [4.69, 9.17) is 9.47 Å². The van der Waals surface area contributed by atoms with Crippen molar-refractivity contribution in [2.75, 3.05) is 26.5 Å². The molecule has 0 N–H and O–H groups in total. The van der Waals surface area contributed by atoms with Gasteiger partial charge in [-0.2, -0.15) is 0 Å². The molecule has 0 spiro atoms. The van der Waals surface area contributed by atoms with Gasteiger partial charge in [-0.15, -0.1) is 11.8 Å². The summed E-state index contributed by atoms with van der Waals surface area (Å²) in [6, 6.07) is 5.37. The number of para-hydroxylation sites is 1. The van der Waals surface area contributed by atoms with Crippen molar-refractivity contribution in [1.82, 2.24) is 4.90 Å². The van der Waals surface area contributed by atoms with Gasteiger partial charge in [-0.25, -0.2) is 0 Å². The Bertz CT molecular complexity index is 450. The third-order valence-corrected chi connectivity index (χ3v) is 4.18. The van der Waals surface area contributed by atoms with Crippen LogP contribution in [-0.4, -0.2) is 42.7 Å². The normalized spacial score (nSPS) is 18.8. The van der Waals surface area contributed by atoms with Gasteiger partial charge >= 0.3 is 0 Å². The van der Waals surface area contributed by atoms with E-state index in [0.717, 1.165) is 12.3 Å². The Morgan fingerprint density at radius 2 is 2.17 bits per heavy atom. The molecule has 98 valence electrons. The Kier molecular flexibility index (Phi) is 4.01. The van der Waals surface area contributed by atoms with Gasteiger partial charge in [0.15, 0.2) is 11.5 Å². The van der Waals surface area contributed by atoms with Crippen molar-refractivity contribution >= 4 is 17.7 Å². The first kappa shape index (κ1) is 13.1. The second-order valence-electron chi connectivity index (χ2n) is 4.01. The topological polar surface area (TPSA) is 38.8 Å². The van der Waals surface area contributed by atoms with Crippen molar-refractivity contribution in [1.29, 1.82) is 0 Å². The number of nitrogens with zero attached hydrogens (tertiary/aromatic N) is 1. The standard InChI is InChI=1S/C13H17NO3S/c1-9-14(7-8-18-9)13(15)10-5-4-6-11(16-2)12(10)17-3/h4-6,9H,7-8H2,1-3H3. The molecule has 18 heavy (non-hydrogen) atoms. The Balaban J connectivity index is 2.35. The van der Waals surface area contributed by atoms with E-state index < -0.39 is 0 Å². The number of hydrogen-bond donors (Lipinski definition) is 0. The summed E-state index contributed by atoms with van der Waals surface area (Å²) >= 11 is 1.78. The van der Waals surface area contributed by atoms with Crippen LogP contribution in [0.3, 0.4) is 0 Å². The summed E-state index contributed by atoms with van der Waals surface area (Å²) in [5.74, 6) is 2.08. The second kappa shape index (κ2) is 5.52. The maximum Gasteiger partial charge on any atom is 0.258 e. The van der Waals surface area contributed by atoms with Crippen molar-refractivity contribution < 1.29 is 14.3 Å². The van der Waals surface area contributed by atoms with Crippen LogP contribution in [0.4, 0.5) is 0 Å². The molecule has 1 aromatic rings. The van der Waals surface area contributed by atoms with Gasteiger partial charge in [0, 0.05) is 12.3 Å². The molecule has 2 rings (SSSR count). The average molecular weight is 267 g/mol. The van der Waals surface area contributed by atoms with Gasteiger partial charge < -0.3 is 14.4 Å². The Labute approximate surface area is 111 Å². The van der Waals surface area contributed by atoms with Crippen LogP contribution in [0.2, 0.25) is 0 Å². The molecule has 1 saturated heterocycles. The highest BCUT2D eigenvalue weighted by Crippen LogP contribution is 2.33. The number of ether oxygens (including phenoxy) is 2. The molecule has 0 aliphatic carbocycles. The fraction of sp³-hybridized carbons (Fsp3) is 0.462. The van der Waals surface area contributed by atoms with Crippen molar-refractivity contribution in [3.63, 3.8) is 0 Å². The first-order chi connectivity index (χ1) is 8.69. The molecule has 1 aliphatic rings. The van der Waals surface area contributed by atoms with Gasteiger partial charge in [0.25, 0.3) is 5.91 Å². The van der Waals surface area contributed by atoms with Gasteiger partial charge in [-0.1, -0.05) is 6.07 Å². The fourth-order valence-electron chi connectivity index (χ4n) is 2.07. The van der Waals surface area contributed by atoms with Crippen molar-refractivity contribution in [2.24, 2.45) is 0 Å². The number of carbonyl (C=O) groups excluding carboxylic acids is 1. The molecule has 1 atom stereocenters. The van der Waals surface area contributed by atoms with E-state index in [1.165, 1.54) is 0 Å². The number of thioether (sulfide) groups is 1. The number of carbonyl (C=O) groups is 1. The smallest absolute Gasteiger partial charge is 0.258 e. The maximum atomic E-state index is 12.5. The third-order valence-electron chi connectivity index (χ3n) is 3.02. The van der Waals surface area contributed by atoms with Crippen LogP contribution in [0.1, 0.15) is 17.3 Å².